The van der Waals surface area contributed by atoms with E-state index in [1.807, 2.05) is 32.9 Å². The number of carbonyl (C=O) groups excluding carboxylic acids is 2. The molecule has 1 atom stereocenters. The summed E-state index contributed by atoms with van der Waals surface area (Å²) in [5.41, 5.74) is 2.49. The molecule has 1 saturated carbocycles. The predicted octanol–water partition coefficient (Wildman–Crippen LogP) is 6.32. The van der Waals surface area contributed by atoms with Crippen molar-refractivity contribution in [2.24, 2.45) is 0 Å². The van der Waals surface area contributed by atoms with Gasteiger partial charge < -0.3 is 10.2 Å². The van der Waals surface area contributed by atoms with Crippen LogP contribution in [0.4, 0.5) is 10.1 Å². The molecule has 2 amide bonds. The molecule has 43 heavy (non-hydrogen) atoms. The summed E-state index contributed by atoms with van der Waals surface area (Å²) >= 11 is 0. The Morgan fingerprint density at radius 3 is 2.14 bits per heavy atom. The van der Waals surface area contributed by atoms with Gasteiger partial charge in [0.1, 0.15) is 18.4 Å². The lowest BCUT2D eigenvalue weighted by Crippen LogP contribution is -2.53. The highest BCUT2D eigenvalue weighted by molar-refractivity contribution is 7.92. The lowest BCUT2D eigenvalue weighted by atomic mass is 9.95. The van der Waals surface area contributed by atoms with E-state index in [-0.39, 0.29) is 34.9 Å². The summed E-state index contributed by atoms with van der Waals surface area (Å²) in [6.07, 6.45) is 4.92. The number of nitrogens with zero attached hydrogens (tertiary/aromatic N) is 2. The van der Waals surface area contributed by atoms with Gasteiger partial charge in [-0.25, -0.2) is 12.8 Å². The number of benzene rings is 3. The van der Waals surface area contributed by atoms with Crippen molar-refractivity contribution in [3.63, 3.8) is 0 Å². The van der Waals surface area contributed by atoms with Crippen LogP contribution in [-0.4, -0.2) is 43.8 Å². The van der Waals surface area contributed by atoms with Crippen molar-refractivity contribution in [1.29, 1.82) is 0 Å². The molecule has 9 heteroatoms. The number of rotatable bonds is 11. The van der Waals surface area contributed by atoms with E-state index in [1.54, 1.807) is 49.4 Å². The van der Waals surface area contributed by atoms with E-state index in [4.69, 9.17) is 0 Å². The molecule has 1 aliphatic rings. The van der Waals surface area contributed by atoms with Gasteiger partial charge in [0.25, 0.3) is 10.0 Å². The zero-order chi connectivity index (χ0) is 31.1. The van der Waals surface area contributed by atoms with Crippen LogP contribution >= 0.6 is 0 Å². The summed E-state index contributed by atoms with van der Waals surface area (Å²) in [5.74, 6) is -1.23. The average molecular weight is 608 g/mol. The predicted molar refractivity (Wildman–Crippen MR) is 168 cm³/mol. The first-order valence-corrected chi connectivity index (χ1v) is 16.4. The second-order valence-corrected chi connectivity index (χ2v) is 13.6. The first-order chi connectivity index (χ1) is 20.5. The molecule has 230 valence electrons. The van der Waals surface area contributed by atoms with Gasteiger partial charge in [0, 0.05) is 18.2 Å². The third-order valence-electron chi connectivity index (χ3n) is 8.15. The second kappa shape index (κ2) is 14.2. The van der Waals surface area contributed by atoms with Gasteiger partial charge in [-0.05, 0) is 68.5 Å². The van der Waals surface area contributed by atoms with E-state index in [0.29, 0.717) is 5.69 Å². The summed E-state index contributed by atoms with van der Waals surface area (Å²) in [6.45, 7) is 6.80. The molecule has 0 saturated heterocycles. The number of carbonyl (C=O) groups is 2. The Labute approximate surface area is 255 Å². The SMILES string of the molecule is Cc1ccc(S(=O)(=O)N(CC(=O)N(Cc2ccccc2F)[C@H](C)C(=O)NC2CCCCC2)c2ccc(C(C)C)cc2)cc1. The second-order valence-electron chi connectivity index (χ2n) is 11.7. The van der Waals surface area contributed by atoms with Gasteiger partial charge in [-0.15, -0.1) is 0 Å². The molecule has 1 aliphatic carbocycles. The Morgan fingerprint density at radius 1 is 0.907 bits per heavy atom. The summed E-state index contributed by atoms with van der Waals surface area (Å²) in [6, 6.07) is 18.7. The molecular weight excluding hydrogens is 565 g/mol. The lowest BCUT2D eigenvalue weighted by Gasteiger charge is -2.33. The fourth-order valence-electron chi connectivity index (χ4n) is 5.35. The number of hydrogen-bond donors (Lipinski definition) is 1. The van der Waals surface area contributed by atoms with Crippen LogP contribution in [0.5, 0.6) is 0 Å². The van der Waals surface area contributed by atoms with Crippen LogP contribution in [0.1, 0.15) is 75.5 Å². The topological polar surface area (TPSA) is 86.8 Å². The van der Waals surface area contributed by atoms with Crippen LogP contribution < -0.4 is 9.62 Å². The van der Waals surface area contributed by atoms with Crippen molar-refractivity contribution >= 4 is 27.5 Å². The summed E-state index contributed by atoms with van der Waals surface area (Å²) in [5, 5.41) is 3.06. The number of amides is 2. The van der Waals surface area contributed by atoms with Crippen molar-refractivity contribution in [1.82, 2.24) is 10.2 Å². The van der Waals surface area contributed by atoms with E-state index < -0.39 is 34.3 Å². The standard InChI is InChI=1S/C34H42FN3O4S/c1-24(2)27-16-18-30(19-17-27)38(43(41,42)31-20-14-25(3)15-21-31)23-33(39)37(22-28-10-8-9-13-32(28)35)26(4)34(40)36-29-11-6-5-7-12-29/h8-10,13-21,24,26,29H,5-7,11-12,22-23H2,1-4H3,(H,36,40)/t26-/m1/s1. The number of sulfonamides is 1. The van der Waals surface area contributed by atoms with Gasteiger partial charge in [-0.1, -0.05) is 81.1 Å². The molecule has 0 radical (unpaired) electrons. The van der Waals surface area contributed by atoms with Gasteiger partial charge >= 0.3 is 0 Å². The quantitative estimate of drug-likeness (QED) is 0.277. The zero-order valence-electron chi connectivity index (χ0n) is 25.4. The van der Waals surface area contributed by atoms with Crippen LogP contribution in [0.15, 0.2) is 77.7 Å². The van der Waals surface area contributed by atoms with Gasteiger partial charge in [-0.2, -0.15) is 0 Å². The normalized spacial score (nSPS) is 14.7. The summed E-state index contributed by atoms with van der Waals surface area (Å²) in [4.78, 5) is 28.8. The number of halogens is 1. The molecule has 0 aliphatic heterocycles. The van der Waals surface area contributed by atoms with E-state index in [1.165, 1.54) is 23.1 Å². The average Bonchev–Trinajstić information content (AvgIpc) is 2.99. The molecule has 4 rings (SSSR count). The summed E-state index contributed by atoms with van der Waals surface area (Å²) < 4.78 is 43.9. The highest BCUT2D eigenvalue weighted by atomic mass is 32.2. The van der Waals surface area contributed by atoms with Crippen LogP contribution in [0.25, 0.3) is 0 Å². The highest BCUT2D eigenvalue weighted by Gasteiger charge is 2.33. The maximum absolute atomic E-state index is 14.8. The smallest absolute Gasteiger partial charge is 0.264 e. The van der Waals surface area contributed by atoms with Gasteiger partial charge in [0.15, 0.2) is 0 Å². The van der Waals surface area contributed by atoms with Crippen molar-refractivity contribution < 1.29 is 22.4 Å². The Kier molecular flexibility index (Phi) is 10.6. The third kappa shape index (κ3) is 8.02. The van der Waals surface area contributed by atoms with Crippen molar-refractivity contribution in [2.75, 3.05) is 10.8 Å². The molecule has 1 N–H and O–H groups in total. The molecule has 0 unspecified atom stereocenters. The Hall–Kier alpha value is -3.72. The van der Waals surface area contributed by atoms with E-state index in [0.717, 1.165) is 47.5 Å². The minimum atomic E-state index is -4.17. The Balaban J connectivity index is 1.69. The van der Waals surface area contributed by atoms with Crippen molar-refractivity contribution in [2.45, 2.75) is 89.2 Å². The van der Waals surface area contributed by atoms with Crippen molar-refractivity contribution in [3.8, 4) is 0 Å². The third-order valence-corrected chi connectivity index (χ3v) is 9.94. The van der Waals surface area contributed by atoms with E-state index >= 15 is 0 Å². The number of anilines is 1. The Bertz CT molecular complexity index is 1500. The van der Waals surface area contributed by atoms with E-state index in [2.05, 4.69) is 5.32 Å². The van der Waals surface area contributed by atoms with Crippen LogP contribution in [0.2, 0.25) is 0 Å². The zero-order valence-corrected chi connectivity index (χ0v) is 26.2. The van der Waals surface area contributed by atoms with Crippen LogP contribution in [-0.2, 0) is 26.2 Å². The maximum Gasteiger partial charge on any atom is 0.264 e. The minimum absolute atomic E-state index is 0.0204. The van der Waals surface area contributed by atoms with Gasteiger partial charge in [-0.3, -0.25) is 13.9 Å². The van der Waals surface area contributed by atoms with Gasteiger partial charge in [0.2, 0.25) is 11.8 Å². The molecule has 0 aromatic heterocycles. The molecular formula is C34H42FN3O4S. The summed E-state index contributed by atoms with van der Waals surface area (Å²) in [7, 11) is -4.17. The number of hydrogen-bond acceptors (Lipinski definition) is 4. The van der Waals surface area contributed by atoms with E-state index in [9.17, 15) is 22.4 Å². The molecule has 1 fully saturated rings. The molecule has 3 aromatic rings. The fourth-order valence-corrected chi connectivity index (χ4v) is 6.77. The number of nitrogens with one attached hydrogen (secondary N) is 1. The maximum atomic E-state index is 14.8. The molecule has 0 spiro atoms. The minimum Gasteiger partial charge on any atom is -0.352 e. The monoisotopic (exact) mass is 607 g/mol. The largest absolute Gasteiger partial charge is 0.352 e. The van der Waals surface area contributed by atoms with Crippen molar-refractivity contribution in [3.05, 3.63) is 95.3 Å². The van der Waals surface area contributed by atoms with Crippen LogP contribution in [0, 0.1) is 12.7 Å². The molecule has 7 nitrogen and oxygen atoms in total. The molecule has 3 aromatic carbocycles. The first kappa shape index (κ1) is 32.2. The highest BCUT2D eigenvalue weighted by Crippen LogP contribution is 2.27. The number of aryl methyl sites for hydroxylation is 1. The van der Waals surface area contributed by atoms with Gasteiger partial charge in [0.05, 0.1) is 10.6 Å². The first-order valence-electron chi connectivity index (χ1n) is 15.0. The molecule has 0 bridgehead atoms. The van der Waals surface area contributed by atoms with Crippen LogP contribution in [0.3, 0.4) is 0 Å². The Morgan fingerprint density at radius 2 is 1.53 bits per heavy atom. The molecule has 0 heterocycles. The lowest BCUT2D eigenvalue weighted by molar-refractivity contribution is -0.139. The fraction of sp³-hybridized carbons (Fsp3) is 0.412.